The molecule has 19 heavy (non-hydrogen) atoms. The molecular weight excluding hydrogens is 302 g/mol. The van der Waals surface area contributed by atoms with E-state index in [4.69, 9.17) is 10.5 Å². The zero-order chi connectivity index (χ0) is 13.7. The Morgan fingerprint density at radius 1 is 1.00 bits per heavy atom. The lowest BCUT2D eigenvalue weighted by molar-refractivity contribution is 1.14. The van der Waals surface area contributed by atoms with Crippen molar-refractivity contribution in [1.82, 2.24) is 0 Å². The van der Waals surface area contributed by atoms with E-state index in [1.165, 1.54) is 0 Å². The van der Waals surface area contributed by atoms with Gasteiger partial charge in [-0.15, -0.1) is 0 Å². The minimum Gasteiger partial charge on any atom is -0.380 e. The lowest BCUT2D eigenvalue weighted by atomic mass is 10.1. The Hall–Kier alpha value is -2.30. The van der Waals surface area contributed by atoms with Gasteiger partial charge < -0.3 is 5.32 Å². The zero-order valence-electron chi connectivity index (χ0n) is 10.0. The fourth-order valence-corrected chi connectivity index (χ4v) is 2.13. The molecule has 0 atom stereocenters. The molecule has 2 rings (SSSR count). The quantitative estimate of drug-likeness (QED) is 0.937. The van der Waals surface area contributed by atoms with Gasteiger partial charge in [0.25, 0.3) is 0 Å². The van der Waals surface area contributed by atoms with E-state index >= 15 is 0 Å². The zero-order valence-corrected chi connectivity index (χ0v) is 11.6. The number of nitrogens with one attached hydrogen (secondary N) is 1. The van der Waals surface area contributed by atoms with Crippen molar-refractivity contribution >= 4 is 21.6 Å². The fourth-order valence-electron chi connectivity index (χ4n) is 1.68. The highest BCUT2D eigenvalue weighted by Gasteiger charge is 2.05. The van der Waals surface area contributed by atoms with Gasteiger partial charge >= 0.3 is 0 Å². The van der Waals surface area contributed by atoms with E-state index in [-0.39, 0.29) is 0 Å². The van der Waals surface area contributed by atoms with Crippen LogP contribution < -0.4 is 5.32 Å². The Balaban J connectivity index is 2.13. The SMILES string of the molecule is N#Cc1ccc(CNc2cccc(Br)c2C#N)cc1. The van der Waals surface area contributed by atoms with Crippen LogP contribution in [0.25, 0.3) is 0 Å². The summed E-state index contributed by atoms with van der Waals surface area (Å²) in [6, 6.07) is 17.2. The molecule has 0 aliphatic rings. The van der Waals surface area contributed by atoms with Gasteiger partial charge in [0.15, 0.2) is 0 Å². The largest absolute Gasteiger partial charge is 0.380 e. The predicted octanol–water partition coefficient (Wildman–Crippen LogP) is 3.80. The molecule has 0 heterocycles. The maximum Gasteiger partial charge on any atom is 0.103 e. The Bertz CT molecular complexity index is 663. The lowest BCUT2D eigenvalue weighted by Crippen LogP contribution is -2.01. The minimum atomic E-state index is 0.594. The summed E-state index contributed by atoms with van der Waals surface area (Å²) in [7, 11) is 0. The maximum absolute atomic E-state index is 9.11. The number of hydrogen-bond acceptors (Lipinski definition) is 3. The van der Waals surface area contributed by atoms with Gasteiger partial charge in [0.05, 0.1) is 22.9 Å². The molecule has 0 saturated carbocycles. The van der Waals surface area contributed by atoms with Crippen molar-refractivity contribution in [1.29, 1.82) is 10.5 Å². The van der Waals surface area contributed by atoms with Crippen molar-refractivity contribution < 1.29 is 0 Å². The molecule has 0 fully saturated rings. The molecule has 4 heteroatoms. The second kappa shape index (κ2) is 6.04. The summed E-state index contributed by atoms with van der Waals surface area (Å²) in [5, 5.41) is 21.1. The number of nitriles is 2. The van der Waals surface area contributed by atoms with E-state index in [0.29, 0.717) is 17.7 Å². The molecule has 0 aliphatic carbocycles. The molecule has 0 bridgehead atoms. The monoisotopic (exact) mass is 311 g/mol. The van der Waals surface area contributed by atoms with Gasteiger partial charge in [-0.05, 0) is 45.8 Å². The molecule has 0 saturated heterocycles. The molecule has 0 radical (unpaired) electrons. The third kappa shape index (κ3) is 3.13. The van der Waals surface area contributed by atoms with E-state index in [9.17, 15) is 0 Å². The molecule has 0 aliphatic heterocycles. The van der Waals surface area contributed by atoms with Crippen LogP contribution in [-0.2, 0) is 6.54 Å². The Morgan fingerprint density at radius 2 is 1.74 bits per heavy atom. The molecule has 1 N–H and O–H groups in total. The summed E-state index contributed by atoms with van der Waals surface area (Å²) < 4.78 is 0.778. The topological polar surface area (TPSA) is 59.6 Å². The summed E-state index contributed by atoms with van der Waals surface area (Å²) in [6.07, 6.45) is 0. The smallest absolute Gasteiger partial charge is 0.103 e. The van der Waals surface area contributed by atoms with Crippen LogP contribution in [0.15, 0.2) is 46.9 Å². The van der Waals surface area contributed by atoms with Gasteiger partial charge in [0.2, 0.25) is 0 Å². The normalized spacial score (nSPS) is 9.42. The fraction of sp³-hybridized carbons (Fsp3) is 0.0667. The average Bonchev–Trinajstić information content (AvgIpc) is 2.45. The van der Waals surface area contributed by atoms with Crippen LogP contribution in [0.4, 0.5) is 5.69 Å². The van der Waals surface area contributed by atoms with Gasteiger partial charge in [0, 0.05) is 11.0 Å². The van der Waals surface area contributed by atoms with Crippen molar-refractivity contribution in [3.05, 3.63) is 63.6 Å². The van der Waals surface area contributed by atoms with Crippen molar-refractivity contribution in [3.63, 3.8) is 0 Å². The van der Waals surface area contributed by atoms with E-state index in [1.54, 1.807) is 12.1 Å². The van der Waals surface area contributed by atoms with Crippen molar-refractivity contribution in [2.45, 2.75) is 6.54 Å². The predicted molar refractivity (Wildman–Crippen MR) is 77.3 cm³/mol. The number of nitrogens with zero attached hydrogens (tertiary/aromatic N) is 2. The highest BCUT2D eigenvalue weighted by molar-refractivity contribution is 9.10. The lowest BCUT2D eigenvalue weighted by Gasteiger charge is -2.09. The summed E-state index contributed by atoms with van der Waals surface area (Å²) >= 11 is 3.35. The first-order valence-electron chi connectivity index (χ1n) is 5.66. The number of hydrogen-bond donors (Lipinski definition) is 1. The average molecular weight is 312 g/mol. The molecule has 0 spiro atoms. The number of benzene rings is 2. The van der Waals surface area contributed by atoms with Crippen LogP contribution in [-0.4, -0.2) is 0 Å². The first-order valence-corrected chi connectivity index (χ1v) is 6.45. The summed E-state index contributed by atoms with van der Waals surface area (Å²) in [5.41, 5.74) is 3.09. The third-order valence-electron chi connectivity index (χ3n) is 2.69. The minimum absolute atomic E-state index is 0.594. The first kappa shape index (κ1) is 13.1. The molecule has 0 aromatic heterocycles. The van der Waals surface area contributed by atoms with Gasteiger partial charge in [0.1, 0.15) is 6.07 Å². The molecule has 2 aromatic carbocycles. The Morgan fingerprint density at radius 3 is 2.37 bits per heavy atom. The second-order valence-corrected chi connectivity index (χ2v) is 4.79. The van der Waals surface area contributed by atoms with E-state index in [0.717, 1.165) is 15.7 Å². The van der Waals surface area contributed by atoms with Gasteiger partial charge in [-0.3, -0.25) is 0 Å². The molecular formula is C15H10BrN3. The molecule has 92 valence electrons. The van der Waals surface area contributed by atoms with Crippen molar-refractivity contribution in [2.24, 2.45) is 0 Å². The summed E-state index contributed by atoms with van der Waals surface area (Å²) in [6.45, 7) is 0.608. The van der Waals surface area contributed by atoms with Crippen LogP contribution in [0.5, 0.6) is 0 Å². The van der Waals surface area contributed by atoms with E-state index in [1.807, 2.05) is 30.3 Å². The highest BCUT2D eigenvalue weighted by atomic mass is 79.9. The first-order chi connectivity index (χ1) is 9.24. The van der Waals surface area contributed by atoms with E-state index in [2.05, 4.69) is 33.4 Å². The third-order valence-corrected chi connectivity index (χ3v) is 3.35. The molecule has 2 aromatic rings. The van der Waals surface area contributed by atoms with Crippen molar-refractivity contribution in [2.75, 3.05) is 5.32 Å². The number of rotatable bonds is 3. The number of anilines is 1. The van der Waals surface area contributed by atoms with Crippen LogP contribution >= 0.6 is 15.9 Å². The molecule has 0 amide bonds. The van der Waals surface area contributed by atoms with Gasteiger partial charge in [-0.25, -0.2) is 0 Å². The molecule has 0 unspecified atom stereocenters. The number of halogens is 1. The van der Waals surface area contributed by atoms with Crippen LogP contribution in [0, 0.1) is 22.7 Å². The van der Waals surface area contributed by atoms with Crippen molar-refractivity contribution in [3.8, 4) is 12.1 Å². The maximum atomic E-state index is 9.11. The van der Waals surface area contributed by atoms with Crippen LogP contribution in [0.1, 0.15) is 16.7 Å². The van der Waals surface area contributed by atoms with Crippen LogP contribution in [0.2, 0.25) is 0 Å². The Kier molecular flexibility index (Phi) is 4.18. The highest BCUT2D eigenvalue weighted by Crippen LogP contribution is 2.24. The second-order valence-electron chi connectivity index (χ2n) is 3.94. The van der Waals surface area contributed by atoms with E-state index < -0.39 is 0 Å². The Labute approximate surface area is 120 Å². The van der Waals surface area contributed by atoms with Crippen LogP contribution in [0.3, 0.4) is 0 Å². The van der Waals surface area contributed by atoms with Gasteiger partial charge in [-0.2, -0.15) is 10.5 Å². The molecule has 3 nitrogen and oxygen atoms in total. The van der Waals surface area contributed by atoms with Gasteiger partial charge in [-0.1, -0.05) is 18.2 Å². The summed E-state index contributed by atoms with van der Waals surface area (Å²) in [5.74, 6) is 0. The standard InChI is InChI=1S/C15H10BrN3/c16-14-2-1-3-15(13(14)9-18)19-10-12-6-4-11(8-17)5-7-12/h1-7,19H,10H2. The summed E-state index contributed by atoms with van der Waals surface area (Å²) in [4.78, 5) is 0.